The van der Waals surface area contributed by atoms with Crippen LogP contribution in [-0.2, 0) is 16.0 Å². The van der Waals surface area contributed by atoms with Crippen LogP contribution in [0.15, 0.2) is 91.0 Å². The smallest absolute Gasteiger partial charge is 0.407 e. The maximum atomic E-state index is 13.2. The number of fused-ring (bicyclic) bond motifs is 3. The molecular weight excluding hydrogens is 545 g/mol. The molecule has 0 unspecified atom stereocenters. The molecule has 5 rings (SSSR count). The number of ether oxygens (including phenoxy) is 2. The van der Waals surface area contributed by atoms with Gasteiger partial charge in [-0.1, -0.05) is 114 Å². The average Bonchev–Trinajstić information content (AvgIpc) is 3.24. The van der Waals surface area contributed by atoms with Crippen LogP contribution in [0.1, 0.15) is 22.6 Å². The van der Waals surface area contributed by atoms with E-state index in [2.05, 4.69) is 17.4 Å². The summed E-state index contributed by atoms with van der Waals surface area (Å²) in [6.45, 7) is 0.117. The molecule has 0 saturated heterocycles. The second-order valence-corrected chi connectivity index (χ2v) is 10.1. The number of esters is 1. The normalized spacial score (nSPS) is 12.8. The topological polar surface area (TPSA) is 64.6 Å². The number of rotatable bonds is 7. The molecule has 0 bridgehead atoms. The van der Waals surface area contributed by atoms with Crippen molar-refractivity contribution in [2.24, 2.45) is 0 Å². The van der Waals surface area contributed by atoms with Crippen LogP contribution in [0.5, 0.6) is 5.75 Å². The molecular formula is C30H22Cl3NO4. The fourth-order valence-electron chi connectivity index (χ4n) is 4.59. The summed E-state index contributed by atoms with van der Waals surface area (Å²) in [6.07, 6.45) is -0.548. The molecule has 4 aromatic rings. The van der Waals surface area contributed by atoms with Crippen LogP contribution < -0.4 is 10.1 Å². The molecule has 8 heteroatoms. The highest BCUT2D eigenvalue weighted by atomic mass is 35.5. The van der Waals surface area contributed by atoms with Gasteiger partial charge in [-0.25, -0.2) is 9.59 Å². The van der Waals surface area contributed by atoms with Gasteiger partial charge in [-0.15, -0.1) is 0 Å². The molecule has 0 saturated carbocycles. The van der Waals surface area contributed by atoms with Gasteiger partial charge in [0.15, 0.2) is 5.75 Å². The Labute approximate surface area is 235 Å². The van der Waals surface area contributed by atoms with E-state index >= 15 is 0 Å². The first kappa shape index (κ1) is 26.1. The first-order valence-electron chi connectivity index (χ1n) is 11.9. The zero-order chi connectivity index (χ0) is 26.6. The summed E-state index contributed by atoms with van der Waals surface area (Å²) in [5, 5.41) is 3.20. The highest BCUT2D eigenvalue weighted by molar-refractivity contribution is 6.43. The van der Waals surface area contributed by atoms with Crippen molar-refractivity contribution in [1.82, 2.24) is 5.32 Å². The number of nitrogens with one attached hydrogen (secondary N) is 1. The molecule has 38 heavy (non-hydrogen) atoms. The number of hydrogen-bond acceptors (Lipinski definition) is 4. The Morgan fingerprint density at radius 3 is 2.00 bits per heavy atom. The Balaban J connectivity index is 1.31. The highest BCUT2D eigenvalue weighted by Gasteiger charge is 2.30. The number of carbonyl (C=O) groups is 2. The van der Waals surface area contributed by atoms with Crippen molar-refractivity contribution in [2.75, 3.05) is 6.61 Å². The van der Waals surface area contributed by atoms with Crippen LogP contribution in [0.3, 0.4) is 0 Å². The molecule has 0 heterocycles. The second-order valence-electron chi connectivity index (χ2n) is 8.83. The summed E-state index contributed by atoms with van der Waals surface area (Å²) in [4.78, 5) is 26.1. The Bertz CT molecular complexity index is 1450. The fourth-order valence-corrected chi connectivity index (χ4v) is 5.16. The molecule has 1 amide bonds. The lowest BCUT2D eigenvalue weighted by Crippen LogP contribution is -2.45. The van der Waals surface area contributed by atoms with Gasteiger partial charge in [-0.2, -0.15) is 0 Å². The summed E-state index contributed by atoms with van der Waals surface area (Å²) in [6, 6.07) is 27.1. The van der Waals surface area contributed by atoms with Crippen molar-refractivity contribution in [1.29, 1.82) is 0 Å². The number of hydrogen-bond donors (Lipinski definition) is 1. The lowest BCUT2D eigenvalue weighted by atomic mass is 9.98. The fraction of sp³-hybridized carbons (Fsp3) is 0.133. The van der Waals surface area contributed by atoms with Crippen LogP contribution in [0, 0.1) is 0 Å². The van der Waals surface area contributed by atoms with E-state index in [9.17, 15) is 9.59 Å². The van der Waals surface area contributed by atoms with Crippen molar-refractivity contribution in [2.45, 2.75) is 18.4 Å². The molecule has 0 fully saturated rings. The predicted octanol–water partition coefficient (Wildman–Crippen LogP) is 7.70. The predicted molar refractivity (Wildman–Crippen MR) is 149 cm³/mol. The molecule has 0 radical (unpaired) electrons. The van der Waals surface area contributed by atoms with Crippen molar-refractivity contribution >= 4 is 46.9 Å². The van der Waals surface area contributed by atoms with Crippen LogP contribution in [0.4, 0.5) is 4.79 Å². The number of halogens is 3. The van der Waals surface area contributed by atoms with Gasteiger partial charge in [0.2, 0.25) is 0 Å². The summed E-state index contributed by atoms with van der Waals surface area (Å²) in [5.41, 5.74) is 5.27. The molecule has 1 aliphatic carbocycles. The number of alkyl carbamates (subject to hydrolysis) is 1. The van der Waals surface area contributed by atoms with Gasteiger partial charge < -0.3 is 14.8 Å². The van der Waals surface area contributed by atoms with Crippen LogP contribution in [0.2, 0.25) is 15.1 Å². The van der Waals surface area contributed by atoms with Gasteiger partial charge >= 0.3 is 12.1 Å². The third kappa shape index (κ3) is 5.65. The van der Waals surface area contributed by atoms with E-state index in [0.717, 1.165) is 27.8 Å². The van der Waals surface area contributed by atoms with Crippen molar-refractivity contribution in [3.63, 3.8) is 0 Å². The molecule has 1 aliphatic rings. The summed E-state index contributed by atoms with van der Waals surface area (Å²) < 4.78 is 11.1. The molecule has 0 spiro atoms. The van der Waals surface area contributed by atoms with Gasteiger partial charge in [-0.3, -0.25) is 0 Å². The molecule has 0 aromatic heterocycles. The van der Waals surface area contributed by atoms with Gasteiger partial charge in [-0.05, 0) is 33.9 Å². The third-order valence-corrected chi connectivity index (χ3v) is 7.41. The molecule has 1 N–H and O–H groups in total. The first-order valence-corrected chi connectivity index (χ1v) is 13.1. The zero-order valence-electron chi connectivity index (χ0n) is 20.0. The Hall–Kier alpha value is -3.51. The van der Waals surface area contributed by atoms with Gasteiger partial charge in [0.1, 0.15) is 12.6 Å². The van der Waals surface area contributed by atoms with Crippen molar-refractivity contribution in [3.8, 4) is 16.9 Å². The first-order chi connectivity index (χ1) is 18.4. The SMILES string of the molecule is O=C(N[C@@H](Cc1ccccc1)C(=O)Oc1cc(Cl)c(Cl)cc1Cl)OCC1c2ccccc2-c2ccccc21. The Kier molecular flexibility index (Phi) is 7.89. The maximum Gasteiger partial charge on any atom is 0.407 e. The van der Waals surface area contributed by atoms with Crippen molar-refractivity contribution < 1.29 is 19.1 Å². The second kappa shape index (κ2) is 11.5. The minimum atomic E-state index is -1.04. The van der Waals surface area contributed by atoms with Crippen LogP contribution in [-0.4, -0.2) is 24.7 Å². The third-order valence-electron chi connectivity index (χ3n) is 6.39. The zero-order valence-corrected chi connectivity index (χ0v) is 22.3. The maximum absolute atomic E-state index is 13.2. The van der Waals surface area contributed by atoms with E-state index < -0.39 is 18.1 Å². The standard InChI is InChI=1S/C30H22Cl3NO4/c31-24-15-26(33)28(16-25(24)32)38-29(35)27(14-18-8-2-1-3-9-18)34-30(36)37-17-23-21-12-6-4-10-19(21)20-11-5-7-13-22(20)23/h1-13,15-16,23,27H,14,17H2,(H,34,36)/t27-/m0/s1. The highest BCUT2D eigenvalue weighted by Crippen LogP contribution is 2.44. The van der Waals surface area contributed by atoms with Gasteiger partial charge in [0.25, 0.3) is 0 Å². The van der Waals surface area contributed by atoms with E-state index in [4.69, 9.17) is 44.3 Å². The summed E-state index contributed by atoms with van der Waals surface area (Å²) in [7, 11) is 0. The molecule has 0 aliphatic heterocycles. The van der Waals surface area contributed by atoms with E-state index in [1.54, 1.807) is 0 Å². The van der Waals surface area contributed by atoms with Gasteiger partial charge in [0, 0.05) is 18.4 Å². The number of amides is 1. The Morgan fingerprint density at radius 2 is 1.34 bits per heavy atom. The minimum absolute atomic E-state index is 0.0402. The number of carbonyl (C=O) groups excluding carboxylic acids is 2. The average molecular weight is 567 g/mol. The van der Waals surface area contributed by atoms with E-state index in [-0.39, 0.29) is 39.8 Å². The van der Waals surface area contributed by atoms with E-state index in [1.165, 1.54) is 12.1 Å². The monoisotopic (exact) mass is 565 g/mol. The quantitative estimate of drug-likeness (QED) is 0.141. The summed E-state index contributed by atoms with van der Waals surface area (Å²) in [5.74, 6) is -0.788. The summed E-state index contributed by atoms with van der Waals surface area (Å²) >= 11 is 18.2. The number of benzene rings is 4. The molecule has 192 valence electrons. The van der Waals surface area contributed by atoms with E-state index in [0.29, 0.717) is 0 Å². The van der Waals surface area contributed by atoms with Gasteiger partial charge in [0.05, 0.1) is 15.1 Å². The van der Waals surface area contributed by atoms with Crippen LogP contribution in [0.25, 0.3) is 11.1 Å². The Morgan fingerprint density at radius 1 is 0.763 bits per heavy atom. The molecule has 1 atom stereocenters. The van der Waals surface area contributed by atoms with Crippen molar-refractivity contribution in [3.05, 3.63) is 123 Å². The van der Waals surface area contributed by atoms with E-state index in [1.807, 2.05) is 66.7 Å². The minimum Gasteiger partial charge on any atom is -0.449 e. The largest absolute Gasteiger partial charge is 0.449 e. The molecule has 4 aromatic carbocycles. The van der Waals surface area contributed by atoms with Crippen LogP contribution >= 0.6 is 34.8 Å². The lowest BCUT2D eigenvalue weighted by molar-refractivity contribution is -0.136. The molecule has 5 nitrogen and oxygen atoms in total. The lowest BCUT2D eigenvalue weighted by Gasteiger charge is -2.19.